The van der Waals surface area contributed by atoms with Crippen molar-refractivity contribution in [2.45, 2.75) is 39.5 Å². The smallest absolute Gasteiger partial charge is 0.227 e. The number of amides is 1. The van der Waals surface area contributed by atoms with Crippen LogP contribution in [0, 0.1) is 5.92 Å². The van der Waals surface area contributed by atoms with Crippen molar-refractivity contribution in [1.29, 1.82) is 0 Å². The van der Waals surface area contributed by atoms with Gasteiger partial charge in [0.15, 0.2) is 0 Å². The number of hydrogen-bond donors (Lipinski definition) is 1. The zero-order chi connectivity index (χ0) is 21.3. The third-order valence-corrected chi connectivity index (χ3v) is 5.33. The largest absolute Gasteiger partial charge is 0.497 e. The number of benzene rings is 2. The van der Waals surface area contributed by atoms with Crippen molar-refractivity contribution in [2.24, 2.45) is 5.92 Å². The molecule has 0 aliphatic heterocycles. The van der Waals surface area contributed by atoms with E-state index in [-0.39, 0.29) is 11.8 Å². The molecule has 0 spiro atoms. The van der Waals surface area contributed by atoms with Gasteiger partial charge in [0.25, 0.3) is 0 Å². The Morgan fingerprint density at radius 1 is 0.967 bits per heavy atom. The fourth-order valence-electron chi connectivity index (χ4n) is 3.48. The van der Waals surface area contributed by atoms with Crippen molar-refractivity contribution < 1.29 is 9.53 Å². The van der Waals surface area contributed by atoms with E-state index in [4.69, 9.17) is 9.72 Å². The molecular formula is C26H30N2O2. The number of hydrogen-bond acceptors (Lipinski definition) is 3. The van der Waals surface area contributed by atoms with Crippen LogP contribution in [0.15, 0.2) is 66.7 Å². The minimum Gasteiger partial charge on any atom is -0.497 e. The molecule has 0 unspecified atom stereocenters. The van der Waals surface area contributed by atoms with Crippen LogP contribution >= 0.6 is 0 Å². The first kappa shape index (κ1) is 21.6. The maximum Gasteiger partial charge on any atom is 0.227 e. The van der Waals surface area contributed by atoms with Crippen LogP contribution in [0.3, 0.4) is 0 Å². The summed E-state index contributed by atoms with van der Waals surface area (Å²) >= 11 is 0. The lowest BCUT2D eigenvalue weighted by Crippen LogP contribution is -2.22. The molecule has 0 radical (unpaired) electrons. The van der Waals surface area contributed by atoms with E-state index in [9.17, 15) is 4.79 Å². The molecule has 1 aromatic heterocycles. The number of nitrogens with zero attached hydrogens (tertiary/aromatic N) is 1. The fraction of sp³-hybridized carbons (Fsp3) is 0.308. The summed E-state index contributed by atoms with van der Waals surface area (Å²) in [4.78, 5) is 17.3. The van der Waals surface area contributed by atoms with Gasteiger partial charge in [-0.05, 0) is 49.2 Å². The zero-order valence-electron chi connectivity index (χ0n) is 18.0. The van der Waals surface area contributed by atoms with Crippen molar-refractivity contribution in [2.75, 3.05) is 12.4 Å². The summed E-state index contributed by atoms with van der Waals surface area (Å²) in [6.07, 6.45) is 4.00. The van der Waals surface area contributed by atoms with Crippen LogP contribution in [0.5, 0.6) is 5.75 Å². The molecule has 3 rings (SSSR count). The minimum atomic E-state index is 0.0749. The first-order valence-corrected chi connectivity index (χ1v) is 10.7. The number of anilines is 1. The molecule has 156 valence electrons. The molecule has 4 heteroatoms. The molecule has 1 heterocycles. The molecule has 1 atom stereocenters. The Morgan fingerprint density at radius 2 is 1.67 bits per heavy atom. The molecule has 0 saturated heterocycles. The standard InChI is InChI=1S/C26H30N2O2/c1-4-6-9-19(5-2)26(29)27-22-16-14-20(15-17-22)24-12-8-13-25(28-24)21-10-7-11-23(18-21)30-3/h7-8,10-19H,4-6,9H2,1-3H3,(H,27,29)/t19-/m0/s1. The Morgan fingerprint density at radius 3 is 2.33 bits per heavy atom. The highest BCUT2D eigenvalue weighted by Crippen LogP contribution is 2.26. The third kappa shape index (κ3) is 5.47. The van der Waals surface area contributed by atoms with E-state index in [1.807, 2.05) is 66.7 Å². The second kappa shape index (κ2) is 10.6. The van der Waals surface area contributed by atoms with Crippen LogP contribution in [0.4, 0.5) is 5.69 Å². The number of ether oxygens (including phenoxy) is 1. The maximum atomic E-state index is 12.5. The van der Waals surface area contributed by atoms with E-state index in [0.717, 1.165) is 59.6 Å². The minimum absolute atomic E-state index is 0.0749. The summed E-state index contributed by atoms with van der Waals surface area (Å²) in [7, 11) is 1.66. The molecule has 1 N–H and O–H groups in total. The summed E-state index contributed by atoms with van der Waals surface area (Å²) in [6, 6.07) is 21.8. The molecule has 1 amide bonds. The summed E-state index contributed by atoms with van der Waals surface area (Å²) < 4.78 is 5.32. The maximum absolute atomic E-state index is 12.5. The average Bonchev–Trinajstić information content (AvgIpc) is 2.80. The Labute approximate surface area is 179 Å². The van der Waals surface area contributed by atoms with Crippen LogP contribution in [0.2, 0.25) is 0 Å². The number of carbonyl (C=O) groups excluding carboxylic acids is 1. The monoisotopic (exact) mass is 402 g/mol. The highest BCUT2D eigenvalue weighted by Gasteiger charge is 2.16. The lowest BCUT2D eigenvalue weighted by Gasteiger charge is -2.15. The van der Waals surface area contributed by atoms with Crippen LogP contribution in [-0.4, -0.2) is 18.0 Å². The number of carbonyl (C=O) groups is 1. The van der Waals surface area contributed by atoms with Gasteiger partial charge in [-0.2, -0.15) is 0 Å². The highest BCUT2D eigenvalue weighted by atomic mass is 16.5. The van der Waals surface area contributed by atoms with Crippen molar-refractivity contribution in [3.05, 3.63) is 66.7 Å². The highest BCUT2D eigenvalue weighted by molar-refractivity contribution is 5.92. The quantitative estimate of drug-likeness (QED) is 0.440. The van der Waals surface area contributed by atoms with Crippen LogP contribution < -0.4 is 10.1 Å². The lowest BCUT2D eigenvalue weighted by atomic mass is 9.98. The van der Waals surface area contributed by atoms with Crippen LogP contribution in [-0.2, 0) is 4.79 Å². The van der Waals surface area contributed by atoms with E-state index in [0.29, 0.717) is 0 Å². The molecule has 0 bridgehead atoms. The Kier molecular flexibility index (Phi) is 7.61. The van der Waals surface area contributed by atoms with Crippen LogP contribution in [0.25, 0.3) is 22.5 Å². The number of rotatable bonds is 9. The normalized spacial score (nSPS) is 11.7. The topological polar surface area (TPSA) is 51.2 Å². The molecule has 0 aliphatic carbocycles. The summed E-state index contributed by atoms with van der Waals surface area (Å²) in [6.45, 7) is 4.23. The molecular weight excluding hydrogens is 372 g/mol. The van der Waals surface area contributed by atoms with E-state index in [2.05, 4.69) is 19.2 Å². The van der Waals surface area contributed by atoms with Gasteiger partial charge in [0.2, 0.25) is 5.91 Å². The van der Waals surface area contributed by atoms with Gasteiger partial charge in [-0.1, -0.05) is 57.0 Å². The zero-order valence-corrected chi connectivity index (χ0v) is 18.0. The summed E-state index contributed by atoms with van der Waals surface area (Å²) in [5, 5.41) is 3.06. The van der Waals surface area contributed by atoms with Crippen molar-refractivity contribution in [1.82, 2.24) is 4.98 Å². The van der Waals surface area contributed by atoms with Crippen molar-refractivity contribution in [3.63, 3.8) is 0 Å². The summed E-state index contributed by atoms with van der Waals surface area (Å²) in [5.74, 6) is 0.992. The van der Waals surface area contributed by atoms with Gasteiger partial charge in [-0.25, -0.2) is 4.98 Å². The Balaban J connectivity index is 1.74. The van der Waals surface area contributed by atoms with Crippen molar-refractivity contribution in [3.8, 4) is 28.3 Å². The number of aromatic nitrogens is 1. The first-order chi connectivity index (χ1) is 14.6. The predicted octanol–water partition coefficient (Wildman–Crippen LogP) is 6.58. The number of methoxy groups -OCH3 is 1. The lowest BCUT2D eigenvalue weighted by molar-refractivity contribution is -0.120. The summed E-state index contributed by atoms with van der Waals surface area (Å²) in [5.41, 5.74) is 4.63. The van der Waals surface area contributed by atoms with Gasteiger partial charge in [0.05, 0.1) is 18.5 Å². The third-order valence-electron chi connectivity index (χ3n) is 5.33. The number of nitrogens with one attached hydrogen (secondary N) is 1. The van der Waals surface area contributed by atoms with E-state index < -0.39 is 0 Å². The predicted molar refractivity (Wildman–Crippen MR) is 124 cm³/mol. The average molecular weight is 403 g/mol. The molecule has 30 heavy (non-hydrogen) atoms. The van der Waals surface area contributed by atoms with Gasteiger partial charge in [0.1, 0.15) is 5.75 Å². The second-order valence-electron chi connectivity index (χ2n) is 7.45. The molecule has 3 aromatic rings. The Bertz CT molecular complexity index is 967. The Hall–Kier alpha value is -3.14. The fourth-order valence-corrected chi connectivity index (χ4v) is 3.48. The molecule has 4 nitrogen and oxygen atoms in total. The van der Waals surface area contributed by atoms with Crippen molar-refractivity contribution >= 4 is 11.6 Å². The second-order valence-corrected chi connectivity index (χ2v) is 7.45. The van der Waals surface area contributed by atoms with Gasteiger partial charge in [0, 0.05) is 22.7 Å². The number of unbranched alkanes of at least 4 members (excludes halogenated alkanes) is 1. The van der Waals surface area contributed by atoms with E-state index in [1.165, 1.54) is 0 Å². The first-order valence-electron chi connectivity index (χ1n) is 10.7. The van der Waals surface area contributed by atoms with Gasteiger partial charge >= 0.3 is 0 Å². The molecule has 0 aliphatic rings. The van der Waals surface area contributed by atoms with Crippen LogP contribution in [0.1, 0.15) is 39.5 Å². The SMILES string of the molecule is CCCC[C@H](CC)C(=O)Nc1ccc(-c2cccc(-c3cccc(OC)c3)n2)cc1. The van der Waals surface area contributed by atoms with Gasteiger partial charge < -0.3 is 10.1 Å². The van der Waals surface area contributed by atoms with E-state index >= 15 is 0 Å². The molecule has 0 saturated carbocycles. The molecule has 2 aromatic carbocycles. The number of pyridine rings is 1. The van der Waals surface area contributed by atoms with Gasteiger partial charge in [-0.15, -0.1) is 0 Å². The molecule has 0 fully saturated rings. The van der Waals surface area contributed by atoms with Gasteiger partial charge in [-0.3, -0.25) is 4.79 Å². The van der Waals surface area contributed by atoms with E-state index in [1.54, 1.807) is 7.11 Å².